The molecular formula is C10H19N3OS. The van der Waals surface area contributed by atoms with Crippen molar-refractivity contribution in [1.82, 2.24) is 9.80 Å². The molecule has 0 aromatic carbocycles. The van der Waals surface area contributed by atoms with Gasteiger partial charge in [-0.2, -0.15) is 11.8 Å². The topological polar surface area (TPSA) is 49.6 Å². The quantitative estimate of drug-likeness (QED) is 0.715. The number of thioether (sulfide) groups is 1. The number of carbonyl (C=O) groups is 1. The van der Waals surface area contributed by atoms with Gasteiger partial charge in [0.15, 0.2) is 0 Å². The summed E-state index contributed by atoms with van der Waals surface area (Å²) in [5, 5.41) is 0. The SMILES string of the molecule is NC1CCN(CCN2CCSCC2)C1=O. The fourth-order valence-corrected chi connectivity index (χ4v) is 3.05. The molecule has 1 unspecified atom stereocenters. The zero-order valence-electron chi connectivity index (χ0n) is 9.02. The molecule has 1 amide bonds. The minimum absolute atomic E-state index is 0.140. The largest absolute Gasteiger partial charge is 0.340 e. The molecule has 2 aliphatic rings. The minimum Gasteiger partial charge on any atom is -0.340 e. The molecule has 0 spiro atoms. The molecule has 0 aliphatic carbocycles. The summed E-state index contributed by atoms with van der Waals surface area (Å²) in [7, 11) is 0. The van der Waals surface area contributed by atoms with Gasteiger partial charge in [-0.1, -0.05) is 0 Å². The molecule has 0 aromatic heterocycles. The van der Waals surface area contributed by atoms with Crippen LogP contribution < -0.4 is 5.73 Å². The summed E-state index contributed by atoms with van der Waals surface area (Å²) in [6, 6.07) is -0.234. The molecule has 0 radical (unpaired) electrons. The lowest BCUT2D eigenvalue weighted by molar-refractivity contribution is -0.128. The maximum Gasteiger partial charge on any atom is 0.239 e. The van der Waals surface area contributed by atoms with Gasteiger partial charge < -0.3 is 10.6 Å². The third-order valence-corrected chi connectivity index (χ3v) is 4.07. The van der Waals surface area contributed by atoms with Crippen LogP contribution in [0.3, 0.4) is 0 Å². The molecule has 2 rings (SSSR count). The molecule has 1 atom stereocenters. The minimum atomic E-state index is -0.234. The number of hydrogen-bond donors (Lipinski definition) is 1. The molecule has 0 aromatic rings. The number of hydrogen-bond acceptors (Lipinski definition) is 4. The number of rotatable bonds is 3. The van der Waals surface area contributed by atoms with E-state index in [-0.39, 0.29) is 11.9 Å². The van der Waals surface area contributed by atoms with Crippen molar-refractivity contribution in [3.63, 3.8) is 0 Å². The lowest BCUT2D eigenvalue weighted by Crippen LogP contribution is -2.41. The van der Waals surface area contributed by atoms with E-state index in [0.717, 1.165) is 26.1 Å². The summed E-state index contributed by atoms with van der Waals surface area (Å²) in [4.78, 5) is 15.9. The molecule has 86 valence electrons. The first kappa shape index (κ1) is 11.2. The molecule has 4 nitrogen and oxygen atoms in total. The fourth-order valence-electron chi connectivity index (χ4n) is 2.07. The zero-order valence-corrected chi connectivity index (χ0v) is 9.84. The van der Waals surface area contributed by atoms with E-state index in [0.29, 0.717) is 0 Å². The van der Waals surface area contributed by atoms with Crippen LogP contribution in [0.2, 0.25) is 0 Å². The second-order valence-corrected chi connectivity index (χ2v) is 5.40. The van der Waals surface area contributed by atoms with E-state index in [1.807, 2.05) is 16.7 Å². The molecule has 2 saturated heterocycles. The highest BCUT2D eigenvalue weighted by Crippen LogP contribution is 2.11. The molecule has 0 bridgehead atoms. The highest BCUT2D eigenvalue weighted by atomic mass is 32.2. The average Bonchev–Trinajstić information content (AvgIpc) is 2.59. The van der Waals surface area contributed by atoms with Crippen molar-refractivity contribution in [2.45, 2.75) is 12.5 Å². The molecule has 5 heteroatoms. The van der Waals surface area contributed by atoms with Gasteiger partial charge in [0.25, 0.3) is 0 Å². The summed E-state index contributed by atoms with van der Waals surface area (Å²) in [5.74, 6) is 2.60. The van der Waals surface area contributed by atoms with Crippen LogP contribution in [0.1, 0.15) is 6.42 Å². The van der Waals surface area contributed by atoms with Gasteiger partial charge in [-0.3, -0.25) is 9.69 Å². The third-order valence-electron chi connectivity index (χ3n) is 3.13. The van der Waals surface area contributed by atoms with Gasteiger partial charge in [-0.25, -0.2) is 0 Å². The van der Waals surface area contributed by atoms with Crippen LogP contribution >= 0.6 is 11.8 Å². The lowest BCUT2D eigenvalue weighted by Gasteiger charge is -2.28. The van der Waals surface area contributed by atoms with E-state index < -0.39 is 0 Å². The molecule has 2 aliphatic heterocycles. The van der Waals surface area contributed by atoms with Crippen LogP contribution in [0.4, 0.5) is 0 Å². The van der Waals surface area contributed by atoms with Crippen LogP contribution in [-0.2, 0) is 4.79 Å². The number of amides is 1. The molecule has 2 heterocycles. The highest BCUT2D eigenvalue weighted by molar-refractivity contribution is 7.99. The predicted octanol–water partition coefficient (Wildman–Crippen LogP) is -0.405. The van der Waals surface area contributed by atoms with Crippen molar-refractivity contribution in [3.8, 4) is 0 Å². The van der Waals surface area contributed by atoms with Crippen LogP contribution in [0.25, 0.3) is 0 Å². The Kier molecular flexibility index (Phi) is 3.88. The van der Waals surface area contributed by atoms with Gasteiger partial charge in [0.1, 0.15) is 0 Å². The summed E-state index contributed by atoms with van der Waals surface area (Å²) in [6.45, 7) is 5.05. The van der Waals surface area contributed by atoms with Gasteiger partial charge in [-0.15, -0.1) is 0 Å². The monoisotopic (exact) mass is 229 g/mol. The van der Waals surface area contributed by atoms with Gasteiger partial charge in [0.2, 0.25) is 5.91 Å². The van der Waals surface area contributed by atoms with E-state index in [1.165, 1.54) is 24.6 Å². The third kappa shape index (κ3) is 2.86. The fraction of sp³-hybridized carbons (Fsp3) is 0.900. The number of carbonyl (C=O) groups excluding carboxylic acids is 1. The zero-order chi connectivity index (χ0) is 10.7. The molecule has 15 heavy (non-hydrogen) atoms. The van der Waals surface area contributed by atoms with Crippen molar-refractivity contribution in [1.29, 1.82) is 0 Å². The van der Waals surface area contributed by atoms with Crippen molar-refractivity contribution in [2.75, 3.05) is 44.2 Å². The number of likely N-dealkylation sites (tertiary alicyclic amines) is 1. The number of nitrogens with zero attached hydrogens (tertiary/aromatic N) is 2. The lowest BCUT2D eigenvalue weighted by atomic mass is 10.3. The Morgan fingerprint density at radius 2 is 2.00 bits per heavy atom. The van der Waals surface area contributed by atoms with Crippen molar-refractivity contribution < 1.29 is 4.79 Å². The van der Waals surface area contributed by atoms with Crippen LogP contribution in [0.15, 0.2) is 0 Å². The van der Waals surface area contributed by atoms with Gasteiger partial charge in [0.05, 0.1) is 6.04 Å². The van der Waals surface area contributed by atoms with E-state index in [1.54, 1.807) is 0 Å². The summed E-state index contributed by atoms with van der Waals surface area (Å²) in [5.41, 5.74) is 5.67. The van der Waals surface area contributed by atoms with Gasteiger partial charge in [-0.05, 0) is 6.42 Å². The summed E-state index contributed by atoms with van der Waals surface area (Å²) < 4.78 is 0. The van der Waals surface area contributed by atoms with E-state index in [9.17, 15) is 4.79 Å². The smallest absolute Gasteiger partial charge is 0.239 e. The van der Waals surface area contributed by atoms with Gasteiger partial charge in [0, 0.05) is 44.2 Å². The first-order chi connectivity index (χ1) is 7.27. The van der Waals surface area contributed by atoms with Crippen molar-refractivity contribution in [2.24, 2.45) is 5.73 Å². The Hall–Kier alpha value is -0.260. The van der Waals surface area contributed by atoms with Crippen LogP contribution in [0, 0.1) is 0 Å². The Balaban J connectivity index is 1.71. The summed E-state index contributed by atoms with van der Waals surface area (Å²) >= 11 is 2.02. The van der Waals surface area contributed by atoms with Crippen LogP contribution in [0.5, 0.6) is 0 Å². The standard InChI is InChI=1S/C10H19N3OS/c11-9-1-2-13(10(9)14)4-3-12-5-7-15-8-6-12/h9H,1-8,11H2. The van der Waals surface area contributed by atoms with Crippen molar-refractivity contribution >= 4 is 17.7 Å². The molecule has 0 saturated carbocycles. The first-order valence-corrected chi connectivity index (χ1v) is 6.77. The molecule has 2 N–H and O–H groups in total. The Labute approximate surface area is 95.2 Å². The highest BCUT2D eigenvalue weighted by Gasteiger charge is 2.28. The molecule has 2 fully saturated rings. The molecular weight excluding hydrogens is 210 g/mol. The van der Waals surface area contributed by atoms with E-state index >= 15 is 0 Å². The van der Waals surface area contributed by atoms with E-state index in [2.05, 4.69) is 4.90 Å². The van der Waals surface area contributed by atoms with E-state index in [4.69, 9.17) is 5.73 Å². The first-order valence-electron chi connectivity index (χ1n) is 5.62. The van der Waals surface area contributed by atoms with Crippen molar-refractivity contribution in [3.05, 3.63) is 0 Å². The average molecular weight is 229 g/mol. The Morgan fingerprint density at radius 3 is 2.60 bits per heavy atom. The second-order valence-electron chi connectivity index (χ2n) is 4.17. The van der Waals surface area contributed by atoms with Crippen LogP contribution in [-0.4, -0.2) is 66.0 Å². The Bertz CT molecular complexity index is 231. The summed E-state index contributed by atoms with van der Waals surface area (Å²) in [6.07, 6.45) is 0.828. The van der Waals surface area contributed by atoms with Gasteiger partial charge >= 0.3 is 0 Å². The second kappa shape index (κ2) is 5.18. The predicted molar refractivity (Wildman–Crippen MR) is 62.9 cm³/mol. The normalized spacial score (nSPS) is 28.7. The number of nitrogens with two attached hydrogens (primary N) is 1. The maximum absolute atomic E-state index is 11.6. The Morgan fingerprint density at radius 1 is 1.27 bits per heavy atom. The maximum atomic E-state index is 11.6.